The molecular formula is C15H11NO. The highest BCUT2D eigenvalue weighted by Gasteiger charge is 2.24. The topological polar surface area (TPSA) is 36.0 Å². The largest absolute Gasteiger partial charge is 0.390 e. The summed E-state index contributed by atoms with van der Waals surface area (Å²) in [6.45, 7) is 0.0553. The molecule has 2 N–H and O–H groups in total. The van der Waals surface area contributed by atoms with Crippen molar-refractivity contribution in [1.29, 1.82) is 0 Å². The van der Waals surface area contributed by atoms with Gasteiger partial charge < -0.3 is 10.1 Å². The van der Waals surface area contributed by atoms with Crippen LogP contribution >= 0.6 is 0 Å². The molecule has 0 spiro atoms. The highest BCUT2D eigenvalue weighted by molar-refractivity contribution is 6.15. The molecule has 2 nitrogen and oxygen atoms in total. The van der Waals surface area contributed by atoms with Crippen LogP contribution in [0, 0.1) is 0 Å². The first-order valence-electron chi connectivity index (χ1n) is 5.74. The maximum Gasteiger partial charge on any atom is 0.0837 e. The highest BCUT2D eigenvalue weighted by Crippen LogP contribution is 2.48. The summed E-state index contributed by atoms with van der Waals surface area (Å²) < 4.78 is 0. The summed E-state index contributed by atoms with van der Waals surface area (Å²) in [4.78, 5) is 3.16. The number of aliphatic hydroxyl groups is 1. The Bertz CT molecular complexity index is 735. The first-order chi connectivity index (χ1) is 8.40. The zero-order chi connectivity index (χ0) is 11.4. The molecule has 0 saturated carbocycles. The first-order valence-corrected chi connectivity index (χ1v) is 5.74. The SMILES string of the molecule is OCc1[nH]cc2c1-c1cccc3cccc-2c13. The fourth-order valence-electron chi connectivity index (χ4n) is 2.88. The summed E-state index contributed by atoms with van der Waals surface area (Å²) in [5.41, 5.74) is 5.78. The fourth-order valence-corrected chi connectivity index (χ4v) is 2.88. The van der Waals surface area contributed by atoms with Gasteiger partial charge in [-0.25, -0.2) is 0 Å². The molecule has 0 atom stereocenters. The van der Waals surface area contributed by atoms with Crippen molar-refractivity contribution in [2.75, 3.05) is 0 Å². The van der Waals surface area contributed by atoms with E-state index in [1.165, 1.54) is 33.0 Å². The van der Waals surface area contributed by atoms with Crippen molar-refractivity contribution in [2.24, 2.45) is 0 Å². The van der Waals surface area contributed by atoms with Gasteiger partial charge in [-0.3, -0.25) is 0 Å². The lowest BCUT2D eigenvalue weighted by Crippen LogP contribution is -1.85. The average Bonchev–Trinajstić information content (AvgIpc) is 2.92. The Morgan fingerprint density at radius 3 is 2.47 bits per heavy atom. The van der Waals surface area contributed by atoms with E-state index in [-0.39, 0.29) is 6.61 Å². The third-order valence-corrected chi connectivity index (χ3v) is 3.58. The van der Waals surface area contributed by atoms with E-state index in [1.54, 1.807) is 0 Å². The Hall–Kier alpha value is -2.06. The van der Waals surface area contributed by atoms with Crippen molar-refractivity contribution in [3.63, 3.8) is 0 Å². The van der Waals surface area contributed by atoms with Gasteiger partial charge in [0.25, 0.3) is 0 Å². The number of rotatable bonds is 1. The van der Waals surface area contributed by atoms with Gasteiger partial charge in [0.1, 0.15) is 0 Å². The summed E-state index contributed by atoms with van der Waals surface area (Å²) in [5, 5.41) is 12.0. The predicted molar refractivity (Wildman–Crippen MR) is 68.7 cm³/mol. The van der Waals surface area contributed by atoms with Crippen molar-refractivity contribution in [2.45, 2.75) is 6.61 Å². The van der Waals surface area contributed by atoms with Crippen LogP contribution in [-0.2, 0) is 6.61 Å². The Morgan fingerprint density at radius 2 is 1.71 bits per heavy atom. The second-order valence-electron chi connectivity index (χ2n) is 4.42. The quantitative estimate of drug-likeness (QED) is 0.508. The van der Waals surface area contributed by atoms with Gasteiger partial charge in [-0.2, -0.15) is 0 Å². The second-order valence-corrected chi connectivity index (χ2v) is 4.42. The van der Waals surface area contributed by atoms with Crippen LogP contribution in [0.5, 0.6) is 0 Å². The van der Waals surface area contributed by atoms with Gasteiger partial charge in [0.05, 0.1) is 6.61 Å². The number of aromatic nitrogens is 1. The molecule has 17 heavy (non-hydrogen) atoms. The van der Waals surface area contributed by atoms with E-state index in [0.717, 1.165) is 5.69 Å². The lowest BCUT2D eigenvalue weighted by Gasteiger charge is -2.02. The number of hydrogen-bond acceptors (Lipinski definition) is 1. The van der Waals surface area contributed by atoms with Crippen molar-refractivity contribution in [1.82, 2.24) is 4.98 Å². The summed E-state index contributed by atoms with van der Waals surface area (Å²) in [5.74, 6) is 0. The number of aliphatic hydroxyl groups excluding tert-OH is 1. The maximum atomic E-state index is 9.39. The molecule has 0 amide bonds. The standard InChI is InChI=1S/C15H11NO/c17-8-13-15-11-6-2-4-9-3-1-5-10(14(9)11)12(15)7-16-13/h1-7,16-17H,8H2. The zero-order valence-electron chi connectivity index (χ0n) is 9.20. The Kier molecular flexibility index (Phi) is 1.59. The molecule has 0 saturated heterocycles. The summed E-state index contributed by atoms with van der Waals surface area (Å²) in [6, 6.07) is 12.7. The molecule has 2 aromatic carbocycles. The van der Waals surface area contributed by atoms with E-state index >= 15 is 0 Å². The molecule has 4 rings (SSSR count). The van der Waals surface area contributed by atoms with Crippen LogP contribution in [0.4, 0.5) is 0 Å². The minimum Gasteiger partial charge on any atom is -0.390 e. The zero-order valence-corrected chi connectivity index (χ0v) is 9.20. The van der Waals surface area contributed by atoms with Crippen molar-refractivity contribution in [3.05, 3.63) is 48.3 Å². The van der Waals surface area contributed by atoms with E-state index in [4.69, 9.17) is 0 Å². The Morgan fingerprint density at radius 1 is 0.941 bits per heavy atom. The fraction of sp³-hybridized carbons (Fsp3) is 0.0667. The van der Waals surface area contributed by atoms with Crippen LogP contribution in [0.3, 0.4) is 0 Å². The van der Waals surface area contributed by atoms with Crippen molar-refractivity contribution < 1.29 is 5.11 Å². The minimum absolute atomic E-state index is 0.0553. The Labute approximate surface area is 98.5 Å². The average molecular weight is 221 g/mol. The second kappa shape index (κ2) is 2.99. The molecule has 1 aliphatic rings. The number of fused-ring (bicyclic) bond motifs is 3. The molecule has 2 heteroatoms. The van der Waals surface area contributed by atoms with Gasteiger partial charge in [-0.1, -0.05) is 36.4 Å². The molecule has 0 aliphatic heterocycles. The van der Waals surface area contributed by atoms with Gasteiger partial charge in [0, 0.05) is 23.0 Å². The Balaban J connectivity index is 2.23. The van der Waals surface area contributed by atoms with Crippen LogP contribution in [-0.4, -0.2) is 10.1 Å². The molecule has 1 aromatic heterocycles. The lowest BCUT2D eigenvalue weighted by atomic mass is 10.0. The maximum absolute atomic E-state index is 9.39. The van der Waals surface area contributed by atoms with Crippen LogP contribution in [0.25, 0.3) is 33.0 Å². The molecule has 1 aliphatic carbocycles. The van der Waals surface area contributed by atoms with E-state index in [9.17, 15) is 5.11 Å². The summed E-state index contributed by atoms with van der Waals surface area (Å²) in [6.07, 6.45) is 2.00. The molecule has 0 bridgehead atoms. The summed E-state index contributed by atoms with van der Waals surface area (Å²) >= 11 is 0. The van der Waals surface area contributed by atoms with Crippen molar-refractivity contribution >= 4 is 10.8 Å². The minimum atomic E-state index is 0.0553. The predicted octanol–water partition coefficient (Wildman–Crippen LogP) is 3.31. The van der Waals surface area contributed by atoms with Crippen LogP contribution < -0.4 is 0 Å². The van der Waals surface area contributed by atoms with Gasteiger partial charge >= 0.3 is 0 Å². The van der Waals surface area contributed by atoms with E-state index in [2.05, 4.69) is 41.4 Å². The molecule has 0 radical (unpaired) electrons. The third kappa shape index (κ3) is 0.984. The van der Waals surface area contributed by atoms with E-state index in [0.29, 0.717) is 0 Å². The molecule has 82 valence electrons. The molecule has 0 unspecified atom stereocenters. The monoisotopic (exact) mass is 221 g/mol. The summed E-state index contributed by atoms with van der Waals surface area (Å²) in [7, 11) is 0. The molecule has 3 aromatic rings. The number of nitrogens with one attached hydrogen (secondary N) is 1. The van der Waals surface area contributed by atoms with Crippen LogP contribution in [0.15, 0.2) is 42.6 Å². The number of H-pyrrole nitrogens is 1. The number of benzene rings is 2. The van der Waals surface area contributed by atoms with E-state index < -0.39 is 0 Å². The lowest BCUT2D eigenvalue weighted by molar-refractivity contribution is 0.278. The van der Waals surface area contributed by atoms with Gasteiger partial charge in [-0.05, 0) is 21.9 Å². The smallest absolute Gasteiger partial charge is 0.0837 e. The van der Waals surface area contributed by atoms with Crippen LogP contribution in [0.1, 0.15) is 5.69 Å². The third-order valence-electron chi connectivity index (χ3n) is 3.58. The van der Waals surface area contributed by atoms with Gasteiger partial charge in [0.15, 0.2) is 0 Å². The van der Waals surface area contributed by atoms with Gasteiger partial charge in [-0.15, -0.1) is 0 Å². The van der Waals surface area contributed by atoms with Gasteiger partial charge in [0.2, 0.25) is 0 Å². The van der Waals surface area contributed by atoms with E-state index in [1.807, 2.05) is 6.20 Å². The van der Waals surface area contributed by atoms with Crippen LogP contribution in [0.2, 0.25) is 0 Å². The molecule has 0 fully saturated rings. The highest BCUT2D eigenvalue weighted by atomic mass is 16.3. The normalized spacial score (nSPS) is 12.1. The first kappa shape index (κ1) is 9.02. The molecular weight excluding hydrogens is 210 g/mol. The van der Waals surface area contributed by atoms with Crippen molar-refractivity contribution in [3.8, 4) is 22.3 Å². The number of hydrogen-bond donors (Lipinski definition) is 2. The number of aromatic amines is 1. The molecule has 1 heterocycles.